The second kappa shape index (κ2) is 6.78. The first-order chi connectivity index (χ1) is 7.61. The minimum Gasteiger partial charge on any atom is -0.480 e. The summed E-state index contributed by atoms with van der Waals surface area (Å²) in [5, 5.41) is 9.33. The molecule has 0 fully saturated rings. The van der Waals surface area contributed by atoms with E-state index in [1.165, 1.54) is 0 Å². The first kappa shape index (κ1) is 13.4. The average Bonchev–Trinajstić information content (AvgIpc) is 2.26. The summed E-state index contributed by atoms with van der Waals surface area (Å²) in [5.74, 6) is 0.559. The lowest BCUT2D eigenvalue weighted by atomic mass is 10.2. The van der Waals surface area contributed by atoms with Gasteiger partial charge in [-0.15, -0.1) is 0 Å². The normalized spacial score (nSPS) is 12.4. The Kier molecular flexibility index (Phi) is 5.66. The van der Waals surface area contributed by atoms with Crippen molar-refractivity contribution in [3.8, 4) is 0 Å². The number of carboxylic acids is 1. The van der Waals surface area contributed by atoms with Crippen molar-refractivity contribution in [3.63, 3.8) is 0 Å². The van der Waals surface area contributed by atoms with E-state index in [0.717, 1.165) is 22.1 Å². The topological polar surface area (TPSA) is 63.3 Å². The van der Waals surface area contributed by atoms with Crippen LogP contribution in [0.25, 0.3) is 0 Å². The molecule has 0 aliphatic rings. The van der Waals surface area contributed by atoms with Gasteiger partial charge < -0.3 is 10.8 Å². The van der Waals surface area contributed by atoms with E-state index in [-0.39, 0.29) is 0 Å². The van der Waals surface area contributed by atoms with Crippen LogP contribution in [-0.4, -0.2) is 22.9 Å². The molecule has 1 unspecified atom stereocenters. The van der Waals surface area contributed by atoms with Crippen LogP contribution in [0.5, 0.6) is 0 Å². The molecule has 0 aliphatic carbocycles. The molecule has 3 N–H and O–H groups in total. The third-order valence-electron chi connectivity index (χ3n) is 2.11. The van der Waals surface area contributed by atoms with Gasteiger partial charge in [-0.25, -0.2) is 0 Å². The predicted molar refractivity (Wildman–Crippen MR) is 67.8 cm³/mol. The second-order valence-corrected chi connectivity index (χ2v) is 4.89. The number of carboxylic acid groups (broad SMARTS) is 1. The molecule has 1 atom stereocenters. The second-order valence-electron chi connectivity index (χ2n) is 3.38. The lowest BCUT2D eigenvalue weighted by Gasteiger charge is -2.06. The largest absolute Gasteiger partial charge is 0.480 e. The number of benzene rings is 1. The van der Waals surface area contributed by atoms with Crippen LogP contribution in [0.1, 0.15) is 12.0 Å². The first-order valence-corrected chi connectivity index (χ1v) is 6.44. The Labute approximate surface area is 104 Å². The zero-order valence-corrected chi connectivity index (χ0v) is 10.3. The van der Waals surface area contributed by atoms with Crippen LogP contribution in [0.4, 0.5) is 0 Å². The van der Waals surface area contributed by atoms with Gasteiger partial charge in [0.25, 0.3) is 0 Å². The van der Waals surface area contributed by atoms with E-state index in [1.807, 2.05) is 24.3 Å². The highest BCUT2D eigenvalue weighted by Crippen LogP contribution is 2.21. The van der Waals surface area contributed by atoms with Gasteiger partial charge in [0, 0.05) is 10.8 Å². The maximum atomic E-state index is 10.5. The SMILES string of the molecule is NC(CCSCc1ccccc1Cl)C(=O)O. The van der Waals surface area contributed by atoms with Crippen LogP contribution in [0.3, 0.4) is 0 Å². The van der Waals surface area contributed by atoms with Crippen molar-refractivity contribution in [3.05, 3.63) is 34.9 Å². The molecular formula is C11H14ClNO2S. The Balaban J connectivity index is 2.26. The quantitative estimate of drug-likeness (QED) is 0.770. The summed E-state index contributed by atoms with van der Waals surface area (Å²) in [6, 6.07) is 6.87. The van der Waals surface area contributed by atoms with Crippen LogP contribution in [0, 0.1) is 0 Å². The van der Waals surface area contributed by atoms with Crippen molar-refractivity contribution in [2.75, 3.05) is 5.75 Å². The Hall–Kier alpha value is -0.710. The molecule has 0 saturated heterocycles. The van der Waals surface area contributed by atoms with Crippen LogP contribution < -0.4 is 5.73 Å². The number of hydrogen-bond acceptors (Lipinski definition) is 3. The maximum absolute atomic E-state index is 10.5. The van der Waals surface area contributed by atoms with Crippen LogP contribution in [0.15, 0.2) is 24.3 Å². The predicted octanol–water partition coefficient (Wildman–Crippen LogP) is 2.38. The molecule has 0 spiro atoms. The molecule has 0 saturated carbocycles. The number of thioether (sulfide) groups is 1. The van der Waals surface area contributed by atoms with E-state index >= 15 is 0 Å². The van der Waals surface area contributed by atoms with Gasteiger partial charge in [-0.1, -0.05) is 29.8 Å². The van der Waals surface area contributed by atoms with E-state index in [9.17, 15) is 4.79 Å². The first-order valence-electron chi connectivity index (χ1n) is 4.91. The fourth-order valence-electron chi connectivity index (χ4n) is 1.13. The molecule has 1 aromatic rings. The van der Waals surface area contributed by atoms with Gasteiger partial charge in [-0.3, -0.25) is 4.79 Å². The fraction of sp³-hybridized carbons (Fsp3) is 0.364. The standard InChI is InChI=1S/C11H14ClNO2S/c12-9-4-2-1-3-8(9)7-16-6-5-10(13)11(14)15/h1-4,10H,5-7,13H2,(H,14,15). The van der Waals surface area contributed by atoms with E-state index < -0.39 is 12.0 Å². The van der Waals surface area contributed by atoms with Crippen molar-refractivity contribution >= 4 is 29.3 Å². The molecule has 0 heterocycles. The number of hydrogen-bond donors (Lipinski definition) is 2. The Morgan fingerprint density at radius 1 is 1.50 bits per heavy atom. The van der Waals surface area contributed by atoms with Gasteiger partial charge in [0.15, 0.2) is 0 Å². The minimum atomic E-state index is -0.946. The van der Waals surface area contributed by atoms with E-state index in [2.05, 4.69) is 0 Å². The van der Waals surface area contributed by atoms with Crippen molar-refractivity contribution in [2.24, 2.45) is 5.73 Å². The summed E-state index contributed by atoms with van der Waals surface area (Å²) in [5.41, 5.74) is 6.45. The Morgan fingerprint density at radius 3 is 2.81 bits per heavy atom. The van der Waals surface area contributed by atoms with Gasteiger partial charge in [0.05, 0.1) is 0 Å². The van der Waals surface area contributed by atoms with Gasteiger partial charge in [0.1, 0.15) is 6.04 Å². The lowest BCUT2D eigenvalue weighted by molar-refractivity contribution is -0.138. The highest BCUT2D eigenvalue weighted by Gasteiger charge is 2.10. The molecule has 88 valence electrons. The average molecular weight is 260 g/mol. The number of carbonyl (C=O) groups is 1. The number of nitrogens with two attached hydrogens (primary N) is 1. The van der Waals surface area contributed by atoms with E-state index in [0.29, 0.717) is 6.42 Å². The molecule has 0 bridgehead atoms. The highest BCUT2D eigenvalue weighted by atomic mass is 35.5. The summed E-state index contributed by atoms with van der Waals surface area (Å²) in [7, 11) is 0. The van der Waals surface area contributed by atoms with E-state index in [4.69, 9.17) is 22.4 Å². The number of rotatable bonds is 6. The number of halogens is 1. The summed E-state index contributed by atoms with van der Waals surface area (Å²) in [6.07, 6.45) is 0.477. The highest BCUT2D eigenvalue weighted by molar-refractivity contribution is 7.98. The maximum Gasteiger partial charge on any atom is 0.320 e. The van der Waals surface area contributed by atoms with Crippen molar-refractivity contribution in [1.29, 1.82) is 0 Å². The Bertz CT molecular complexity index is 360. The third kappa shape index (κ3) is 4.43. The molecule has 1 rings (SSSR count). The summed E-state index contributed by atoms with van der Waals surface area (Å²) >= 11 is 7.62. The molecule has 0 radical (unpaired) electrons. The summed E-state index contributed by atoms with van der Waals surface area (Å²) < 4.78 is 0. The van der Waals surface area contributed by atoms with Gasteiger partial charge >= 0.3 is 5.97 Å². The molecule has 16 heavy (non-hydrogen) atoms. The lowest BCUT2D eigenvalue weighted by Crippen LogP contribution is -2.30. The van der Waals surface area contributed by atoms with Gasteiger partial charge in [-0.2, -0.15) is 11.8 Å². The fourth-order valence-corrected chi connectivity index (χ4v) is 2.45. The Morgan fingerprint density at radius 2 is 2.19 bits per heavy atom. The smallest absolute Gasteiger partial charge is 0.320 e. The molecule has 0 aromatic heterocycles. The van der Waals surface area contributed by atoms with Gasteiger partial charge in [0.2, 0.25) is 0 Å². The molecule has 1 aromatic carbocycles. The van der Waals surface area contributed by atoms with Crippen molar-refractivity contribution in [2.45, 2.75) is 18.2 Å². The van der Waals surface area contributed by atoms with Crippen LogP contribution in [-0.2, 0) is 10.5 Å². The summed E-state index contributed by atoms with van der Waals surface area (Å²) in [6.45, 7) is 0. The third-order valence-corrected chi connectivity index (χ3v) is 3.51. The van der Waals surface area contributed by atoms with Crippen molar-refractivity contribution < 1.29 is 9.90 Å². The monoisotopic (exact) mass is 259 g/mol. The number of aliphatic carboxylic acids is 1. The van der Waals surface area contributed by atoms with Gasteiger partial charge in [-0.05, 0) is 23.8 Å². The van der Waals surface area contributed by atoms with Crippen LogP contribution >= 0.6 is 23.4 Å². The summed E-state index contributed by atoms with van der Waals surface area (Å²) in [4.78, 5) is 10.5. The molecule has 5 heteroatoms. The zero-order valence-electron chi connectivity index (χ0n) is 8.73. The zero-order chi connectivity index (χ0) is 12.0. The van der Waals surface area contributed by atoms with Crippen molar-refractivity contribution in [1.82, 2.24) is 0 Å². The molecule has 0 aliphatic heterocycles. The molecule has 3 nitrogen and oxygen atoms in total. The molecule has 0 amide bonds. The van der Waals surface area contributed by atoms with Crippen LogP contribution in [0.2, 0.25) is 5.02 Å². The van der Waals surface area contributed by atoms with E-state index in [1.54, 1.807) is 11.8 Å². The minimum absolute atomic E-state index is 0.477. The molecular weight excluding hydrogens is 246 g/mol.